The molecule has 0 radical (unpaired) electrons. The van der Waals surface area contributed by atoms with Crippen LogP contribution in [-0.2, 0) is 17.6 Å². The second-order valence-electron chi connectivity index (χ2n) is 5.68. The van der Waals surface area contributed by atoms with Crippen LogP contribution in [0.15, 0.2) is 49.3 Å². The van der Waals surface area contributed by atoms with Gasteiger partial charge in [-0.05, 0) is 53.7 Å². The molecule has 2 heteroatoms. The summed E-state index contributed by atoms with van der Waals surface area (Å²) in [5.74, 6) is 0.233. The van der Waals surface area contributed by atoms with E-state index in [2.05, 4.69) is 43.6 Å². The van der Waals surface area contributed by atoms with Gasteiger partial charge in [-0.3, -0.25) is 9.78 Å². The molecule has 0 saturated carbocycles. The number of pyridine rings is 1. The van der Waals surface area contributed by atoms with Crippen molar-refractivity contribution in [3.8, 4) is 0 Å². The zero-order valence-electron chi connectivity index (χ0n) is 13.4. The maximum Gasteiger partial charge on any atom is 0.137 e. The Balaban J connectivity index is 1.91. The monoisotopic (exact) mass is 293 g/mol. The summed E-state index contributed by atoms with van der Waals surface area (Å²) in [4.78, 5) is 16.1. The van der Waals surface area contributed by atoms with Gasteiger partial charge in [0.2, 0.25) is 0 Å². The number of allylic oxidation sites excluding steroid dienone is 1. The van der Waals surface area contributed by atoms with Gasteiger partial charge in [-0.15, -0.1) is 0 Å². The normalized spacial score (nSPS) is 10.5. The first kappa shape index (κ1) is 16.2. The van der Waals surface area contributed by atoms with Gasteiger partial charge in [0.05, 0.1) is 0 Å². The minimum atomic E-state index is 0.233. The van der Waals surface area contributed by atoms with E-state index in [1.807, 2.05) is 12.1 Å². The summed E-state index contributed by atoms with van der Waals surface area (Å²) < 4.78 is 0. The van der Waals surface area contributed by atoms with Crippen molar-refractivity contribution in [2.45, 2.75) is 39.5 Å². The third kappa shape index (κ3) is 4.39. The Hall–Kier alpha value is -2.22. The summed E-state index contributed by atoms with van der Waals surface area (Å²) in [7, 11) is 0. The molecule has 0 fully saturated rings. The highest BCUT2D eigenvalue weighted by molar-refractivity contribution is 5.82. The lowest BCUT2D eigenvalue weighted by Crippen LogP contribution is -2.03. The summed E-state index contributed by atoms with van der Waals surface area (Å²) >= 11 is 0. The molecule has 0 aliphatic rings. The minimum Gasteiger partial charge on any atom is -0.299 e. The van der Waals surface area contributed by atoms with E-state index in [-0.39, 0.29) is 5.78 Å². The number of ketones is 1. The first-order valence-corrected chi connectivity index (χ1v) is 7.78. The van der Waals surface area contributed by atoms with Crippen LogP contribution in [0.4, 0.5) is 0 Å². The summed E-state index contributed by atoms with van der Waals surface area (Å²) in [5, 5.41) is 0. The Labute approximate surface area is 132 Å². The lowest BCUT2D eigenvalue weighted by Gasteiger charge is -2.10. The average Bonchev–Trinajstić information content (AvgIpc) is 2.54. The highest BCUT2D eigenvalue weighted by Crippen LogP contribution is 2.22. The number of carbonyl (C=O) groups is 1. The molecule has 0 amide bonds. The highest BCUT2D eigenvalue weighted by atomic mass is 16.1. The van der Waals surface area contributed by atoms with Crippen LogP contribution in [0, 0.1) is 6.92 Å². The predicted octanol–water partition coefficient (Wildman–Crippen LogP) is 4.56. The molecule has 1 heterocycles. The van der Waals surface area contributed by atoms with E-state index in [1.165, 1.54) is 11.1 Å². The Morgan fingerprint density at radius 3 is 2.73 bits per heavy atom. The molecule has 114 valence electrons. The number of aromatic nitrogens is 1. The van der Waals surface area contributed by atoms with Crippen molar-refractivity contribution in [3.05, 3.63) is 71.6 Å². The lowest BCUT2D eigenvalue weighted by atomic mass is 9.95. The van der Waals surface area contributed by atoms with E-state index < -0.39 is 0 Å². The molecule has 1 aromatic carbocycles. The molecule has 22 heavy (non-hydrogen) atoms. The molecule has 0 unspecified atom stereocenters. The molecule has 2 aromatic rings. The molecule has 0 N–H and O–H groups in total. The summed E-state index contributed by atoms with van der Waals surface area (Å²) in [6, 6.07) is 10.2. The predicted molar refractivity (Wildman–Crippen MR) is 91.8 cm³/mol. The molecule has 1 aromatic heterocycles. The van der Waals surface area contributed by atoms with Crippen LogP contribution in [0.3, 0.4) is 0 Å². The van der Waals surface area contributed by atoms with Crippen molar-refractivity contribution in [1.82, 2.24) is 4.98 Å². The number of hydrogen-bond acceptors (Lipinski definition) is 2. The van der Waals surface area contributed by atoms with Gasteiger partial charge in [-0.25, -0.2) is 0 Å². The number of rotatable bonds is 7. The SMILES string of the molecule is C=C(CCC(=O)Cc1cccnc1)c1ccc(C)c(CC)c1. The number of aryl methyl sites for hydroxylation is 2. The number of nitrogens with zero attached hydrogens (tertiary/aromatic N) is 1. The molecule has 2 nitrogen and oxygen atoms in total. The zero-order chi connectivity index (χ0) is 15.9. The molecule has 0 aliphatic carbocycles. The van der Waals surface area contributed by atoms with Gasteiger partial charge in [0, 0.05) is 25.2 Å². The third-order valence-electron chi connectivity index (χ3n) is 3.97. The van der Waals surface area contributed by atoms with Crippen LogP contribution >= 0.6 is 0 Å². The van der Waals surface area contributed by atoms with Gasteiger partial charge >= 0.3 is 0 Å². The van der Waals surface area contributed by atoms with Gasteiger partial charge in [-0.2, -0.15) is 0 Å². The van der Waals surface area contributed by atoms with E-state index in [1.54, 1.807) is 12.4 Å². The molecule has 0 bridgehead atoms. The van der Waals surface area contributed by atoms with Crippen LogP contribution in [0.1, 0.15) is 42.0 Å². The standard InChI is InChI=1S/C20H23NO/c1-4-18-13-19(9-7-15(18)2)16(3)8-10-20(22)12-17-6-5-11-21-14-17/h5-7,9,11,13-14H,3-4,8,10,12H2,1-2H3. The van der Waals surface area contributed by atoms with Crippen molar-refractivity contribution in [2.24, 2.45) is 0 Å². The molecule has 0 saturated heterocycles. The van der Waals surface area contributed by atoms with Gasteiger partial charge in [-0.1, -0.05) is 37.8 Å². The van der Waals surface area contributed by atoms with Crippen molar-refractivity contribution in [2.75, 3.05) is 0 Å². The van der Waals surface area contributed by atoms with Gasteiger partial charge in [0.15, 0.2) is 0 Å². The number of benzene rings is 1. The highest BCUT2D eigenvalue weighted by Gasteiger charge is 2.07. The van der Waals surface area contributed by atoms with E-state index in [9.17, 15) is 4.79 Å². The molecule has 0 aliphatic heterocycles. The van der Waals surface area contributed by atoms with E-state index in [0.717, 1.165) is 23.1 Å². The Morgan fingerprint density at radius 1 is 1.23 bits per heavy atom. The first-order valence-electron chi connectivity index (χ1n) is 7.78. The van der Waals surface area contributed by atoms with Crippen LogP contribution < -0.4 is 0 Å². The van der Waals surface area contributed by atoms with E-state index in [0.29, 0.717) is 19.3 Å². The van der Waals surface area contributed by atoms with Crippen LogP contribution in [-0.4, -0.2) is 10.8 Å². The minimum absolute atomic E-state index is 0.233. The van der Waals surface area contributed by atoms with Crippen molar-refractivity contribution in [3.63, 3.8) is 0 Å². The summed E-state index contributed by atoms with van der Waals surface area (Å²) in [6.45, 7) is 8.43. The number of hydrogen-bond donors (Lipinski definition) is 0. The lowest BCUT2D eigenvalue weighted by molar-refractivity contribution is -0.118. The van der Waals surface area contributed by atoms with Crippen LogP contribution in [0.25, 0.3) is 5.57 Å². The van der Waals surface area contributed by atoms with Crippen LogP contribution in [0.5, 0.6) is 0 Å². The summed E-state index contributed by atoms with van der Waals surface area (Å²) in [5.41, 5.74) is 5.82. The van der Waals surface area contributed by atoms with E-state index in [4.69, 9.17) is 0 Å². The van der Waals surface area contributed by atoms with Gasteiger partial charge < -0.3 is 0 Å². The van der Waals surface area contributed by atoms with Crippen molar-refractivity contribution >= 4 is 11.4 Å². The molecule has 0 spiro atoms. The second kappa shape index (κ2) is 7.69. The smallest absolute Gasteiger partial charge is 0.137 e. The van der Waals surface area contributed by atoms with Crippen molar-refractivity contribution in [1.29, 1.82) is 0 Å². The van der Waals surface area contributed by atoms with Crippen LogP contribution in [0.2, 0.25) is 0 Å². The summed E-state index contributed by atoms with van der Waals surface area (Å²) in [6.07, 6.45) is 6.19. The quantitative estimate of drug-likeness (QED) is 0.749. The number of Topliss-reactive ketones (excluding diaryl/α,β-unsaturated/α-hetero) is 1. The Kier molecular flexibility index (Phi) is 5.65. The van der Waals surface area contributed by atoms with Gasteiger partial charge in [0.1, 0.15) is 5.78 Å². The molecule has 0 atom stereocenters. The maximum absolute atomic E-state index is 12.1. The maximum atomic E-state index is 12.1. The van der Waals surface area contributed by atoms with E-state index >= 15 is 0 Å². The molecular formula is C20H23NO. The average molecular weight is 293 g/mol. The Bertz CT molecular complexity index is 659. The number of carbonyl (C=O) groups excluding carboxylic acids is 1. The van der Waals surface area contributed by atoms with Gasteiger partial charge in [0.25, 0.3) is 0 Å². The molecular weight excluding hydrogens is 270 g/mol. The fraction of sp³-hybridized carbons (Fsp3) is 0.300. The topological polar surface area (TPSA) is 30.0 Å². The van der Waals surface area contributed by atoms with Crippen molar-refractivity contribution < 1.29 is 4.79 Å². The largest absolute Gasteiger partial charge is 0.299 e. The zero-order valence-corrected chi connectivity index (χ0v) is 13.4. The fourth-order valence-electron chi connectivity index (χ4n) is 2.53. The Morgan fingerprint density at radius 2 is 2.05 bits per heavy atom. The fourth-order valence-corrected chi connectivity index (χ4v) is 2.53. The second-order valence-corrected chi connectivity index (χ2v) is 5.68. The molecule has 2 rings (SSSR count). The third-order valence-corrected chi connectivity index (χ3v) is 3.97. The first-order chi connectivity index (χ1) is 10.6.